The Morgan fingerprint density at radius 1 is 1.38 bits per heavy atom. The highest BCUT2D eigenvalue weighted by atomic mass is 35.5. The average Bonchev–Trinajstić information content (AvgIpc) is 2.17. The van der Waals surface area contributed by atoms with Crippen LogP contribution in [0.15, 0.2) is 30.3 Å². The van der Waals surface area contributed by atoms with E-state index in [9.17, 15) is 4.79 Å². The average molecular weight is 200 g/mol. The Labute approximate surface area is 81.7 Å². The van der Waals surface area contributed by atoms with Gasteiger partial charge < -0.3 is 10.1 Å². The fraction of sp³-hybridized carbons (Fsp3) is 0.222. The van der Waals surface area contributed by atoms with Gasteiger partial charge in [-0.25, -0.2) is 4.79 Å². The van der Waals surface area contributed by atoms with Crippen LogP contribution in [0.3, 0.4) is 0 Å². The van der Waals surface area contributed by atoms with E-state index in [4.69, 9.17) is 11.6 Å². The molecule has 0 saturated carbocycles. The normalized spacial score (nSPS) is 9.31. The van der Waals surface area contributed by atoms with Crippen LogP contribution in [0.4, 0.5) is 4.79 Å². The smallest absolute Gasteiger partial charge is 0.408 e. The summed E-state index contributed by atoms with van der Waals surface area (Å²) in [6.07, 6.45) is -0.501. The summed E-state index contributed by atoms with van der Waals surface area (Å²) in [5, 5.41) is 2.55. The van der Waals surface area contributed by atoms with Crippen LogP contribution < -0.4 is 5.32 Å². The first-order valence-electron chi connectivity index (χ1n) is 3.83. The second kappa shape index (κ2) is 5.43. The molecule has 1 amide bonds. The standard InChI is InChI=1S/C9H10ClNO2/c10-7-13-9(12)11-6-8-4-2-1-3-5-8/h1-5H,6-7H2,(H,11,12). The second-order valence-electron chi connectivity index (χ2n) is 2.38. The molecule has 0 aromatic heterocycles. The topological polar surface area (TPSA) is 38.3 Å². The van der Waals surface area contributed by atoms with Crippen molar-refractivity contribution in [3.63, 3.8) is 0 Å². The molecule has 1 aromatic carbocycles. The number of alkyl carbamates (subject to hydrolysis) is 1. The molecule has 0 saturated heterocycles. The number of carbonyl (C=O) groups excluding carboxylic acids is 1. The number of ether oxygens (including phenoxy) is 1. The summed E-state index contributed by atoms with van der Waals surface area (Å²) in [5.41, 5.74) is 1.02. The number of rotatable bonds is 3. The van der Waals surface area contributed by atoms with Crippen molar-refractivity contribution in [2.24, 2.45) is 0 Å². The van der Waals surface area contributed by atoms with Gasteiger partial charge in [-0.3, -0.25) is 0 Å². The molecule has 0 aliphatic heterocycles. The van der Waals surface area contributed by atoms with Crippen LogP contribution in [0.2, 0.25) is 0 Å². The Kier molecular flexibility index (Phi) is 4.12. The molecular formula is C9H10ClNO2. The third-order valence-corrected chi connectivity index (χ3v) is 1.57. The van der Waals surface area contributed by atoms with E-state index in [1.165, 1.54) is 0 Å². The molecule has 0 heterocycles. The summed E-state index contributed by atoms with van der Waals surface area (Å²) >= 11 is 5.20. The lowest BCUT2D eigenvalue weighted by atomic mass is 10.2. The van der Waals surface area contributed by atoms with Crippen molar-refractivity contribution >= 4 is 17.7 Å². The van der Waals surface area contributed by atoms with Crippen LogP contribution in [-0.2, 0) is 11.3 Å². The lowest BCUT2D eigenvalue weighted by Gasteiger charge is -2.03. The molecule has 0 radical (unpaired) electrons. The third kappa shape index (κ3) is 3.80. The van der Waals surface area contributed by atoms with E-state index in [0.29, 0.717) is 6.54 Å². The molecule has 0 atom stereocenters. The predicted octanol–water partition coefficient (Wildman–Crippen LogP) is 2.11. The Bertz CT molecular complexity index is 264. The summed E-state index contributed by atoms with van der Waals surface area (Å²) < 4.78 is 4.48. The fourth-order valence-electron chi connectivity index (χ4n) is 0.871. The summed E-state index contributed by atoms with van der Waals surface area (Å²) in [7, 11) is 0. The van der Waals surface area contributed by atoms with Gasteiger partial charge in [0.15, 0.2) is 6.07 Å². The Morgan fingerprint density at radius 3 is 2.69 bits per heavy atom. The lowest BCUT2D eigenvalue weighted by molar-refractivity contribution is 0.164. The van der Waals surface area contributed by atoms with Gasteiger partial charge in [0.05, 0.1) is 0 Å². The molecule has 0 bridgehead atoms. The van der Waals surface area contributed by atoms with Crippen molar-refractivity contribution in [2.45, 2.75) is 6.54 Å². The molecule has 1 aromatic rings. The summed E-state index contributed by atoms with van der Waals surface area (Å²) in [6.45, 7) is 0.455. The highest BCUT2D eigenvalue weighted by molar-refractivity contribution is 6.17. The maximum atomic E-state index is 10.8. The van der Waals surface area contributed by atoms with Gasteiger partial charge in [0.2, 0.25) is 0 Å². The van der Waals surface area contributed by atoms with Crippen molar-refractivity contribution in [3.05, 3.63) is 35.9 Å². The Balaban J connectivity index is 2.31. The van der Waals surface area contributed by atoms with Crippen LogP contribution >= 0.6 is 11.6 Å². The van der Waals surface area contributed by atoms with Crippen molar-refractivity contribution in [3.8, 4) is 0 Å². The van der Waals surface area contributed by atoms with Crippen molar-refractivity contribution in [1.82, 2.24) is 5.32 Å². The number of benzene rings is 1. The van der Waals surface area contributed by atoms with Crippen LogP contribution in [0.5, 0.6) is 0 Å². The molecule has 4 heteroatoms. The number of hydrogen-bond acceptors (Lipinski definition) is 2. The van der Waals surface area contributed by atoms with Gasteiger partial charge in [0.25, 0.3) is 0 Å². The van der Waals surface area contributed by atoms with Gasteiger partial charge in [0, 0.05) is 6.54 Å². The monoisotopic (exact) mass is 199 g/mol. The van der Waals surface area contributed by atoms with E-state index in [0.717, 1.165) is 5.56 Å². The second-order valence-corrected chi connectivity index (χ2v) is 2.60. The van der Waals surface area contributed by atoms with Crippen LogP contribution in [0, 0.1) is 0 Å². The van der Waals surface area contributed by atoms with E-state index < -0.39 is 6.09 Å². The largest absolute Gasteiger partial charge is 0.433 e. The number of hydrogen-bond donors (Lipinski definition) is 1. The SMILES string of the molecule is O=C(NCc1ccccc1)OCCl. The molecule has 1 N–H and O–H groups in total. The highest BCUT2D eigenvalue weighted by Gasteiger charge is 1.98. The van der Waals surface area contributed by atoms with Crippen molar-refractivity contribution in [2.75, 3.05) is 6.07 Å². The van der Waals surface area contributed by atoms with Crippen LogP contribution in [0.25, 0.3) is 0 Å². The third-order valence-electron chi connectivity index (χ3n) is 1.47. The highest BCUT2D eigenvalue weighted by Crippen LogP contribution is 1.97. The number of carbonyl (C=O) groups is 1. The molecule has 0 fully saturated rings. The zero-order valence-electron chi connectivity index (χ0n) is 7.00. The van der Waals surface area contributed by atoms with Gasteiger partial charge in [-0.15, -0.1) is 0 Å². The molecule has 3 nitrogen and oxygen atoms in total. The minimum atomic E-state index is -0.501. The van der Waals surface area contributed by atoms with E-state index in [-0.39, 0.29) is 6.07 Å². The molecule has 0 aliphatic carbocycles. The number of nitrogens with one attached hydrogen (secondary N) is 1. The molecule has 0 aliphatic rings. The van der Waals surface area contributed by atoms with Crippen LogP contribution in [0.1, 0.15) is 5.56 Å². The molecule has 13 heavy (non-hydrogen) atoms. The zero-order chi connectivity index (χ0) is 9.52. The first kappa shape index (κ1) is 9.86. The first-order chi connectivity index (χ1) is 6.33. The number of alkyl halides is 1. The maximum absolute atomic E-state index is 10.8. The summed E-state index contributed by atoms with van der Waals surface area (Å²) in [4.78, 5) is 10.8. The number of amides is 1. The Morgan fingerprint density at radius 2 is 2.08 bits per heavy atom. The van der Waals surface area contributed by atoms with E-state index in [1.807, 2.05) is 30.3 Å². The van der Waals surface area contributed by atoms with Gasteiger partial charge in [-0.1, -0.05) is 41.9 Å². The van der Waals surface area contributed by atoms with Crippen LogP contribution in [-0.4, -0.2) is 12.2 Å². The summed E-state index contributed by atoms with van der Waals surface area (Å²) in [6, 6.07) is 9.44. The summed E-state index contributed by atoms with van der Waals surface area (Å²) in [5.74, 6) is 0. The molecule has 1 rings (SSSR count). The predicted molar refractivity (Wildman–Crippen MR) is 50.5 cm³/mol. The molecule has 70 valence electrons. The molecular weight excluding hydrogens is 190 g/mol. The van der Waals surface area contributed by atoms with E-state index in [1.54, 1.807) is 0 Å². The van der Waals surface area contributed by atoms with Gasteiger partial charge in [-0.2, -0.15) is 0 Å². The van der Waals surface area contributed by atoms with E-state index >= 15 is 0 Å². The van der Waals surface area contributed by atoms with Crippen molar-refractivity contribution < 1.29 is 9.53 Å². The minimum Gasteiger partial charge on any atom is -0.433 e. The molecule has 0 unspecified atom stereocenters. The molecule has 0 spiro atoms. The number of halogens is 1. The quantitative estimate of drug-likeness (QED) is 0.758. The Hall–Kier alpha value is -1.22. The fourth-order valence-corrected chi connectivity index (χ4v) is 0.970. The van der Waals surface area contributed by atoms with Gasteiger partial charge >= 0.3 is 6.09 Å². The van der Waals surface area contributed by atoms with Crippen molar-refractivity contribution in [1.29, 1.82) is 0 Å². The van der Waals surface area contributed by atoms with Gasteiger partial charge in [0.1, 0.15) is 0 Å². The maximum Gasteiger partial charge on any atom is 0.408 e. The zero-order valence-corrected chi connectivity index (χ0v) is 7.75. The minimum absolute atomic E-state index is 0.124. The van der Waals surface area contributed by atoms with E-state index in [2.05, 4.69) is 10.1 Å². The van der Waals surface area contributed by atoms with Gasteiger partial charge in [-0.05, 0) is 5.56 Å². The lowest BCUT2D eigenvalue weighted by Crippen LogP contribution is -2.23. The first-order valence-corrected chi connectivity index (χ1v) is 4.37.